The Morgan fingerprint density at radius 2 is 1.81 bits per heavy atom. The van der Waals surface area contributed by atoms with Gasteiger partial charge in [0.05, 0.1) is 22.8 Å². The Morgan fingerprint density at radius 3 is 2.38 bits per heavy atom. The molecular formula is C13H17N3. The van der Waals surface area contributed by atoms with Crippen LogP contribution in [0.25, 0.3) is 5.69 Å². The number of hydrogen-bond donors (Lipinski definition) is 1. The highest BCUT2D eigenvalue weighted by Gasteiger charge is 2.11. The van der Waals surface area contributed by atoms with E-state index in [0.29, 0.717) is 0 Å². The van der Waals surface area contributed by atoms with E-state index in [1.807, 2.05) is 18.5 Å². The van der Waals surface area contributed by atoms with E-state index < -0.39 is 0 Å². The lowest BCUT2D eigenvalue weighted by molar-refractivity contribution is 0.826. The molecule has 0 fully saturated rings. The number of aromatic nitrogens is 2. The average molecular weight is 215 g/mol. The number of aryl methyl sites for hydroxylation is 3. The van der Waals surface area contributed by atoms with Crippen molar-refractivity contribution < 1.29 is 0 Å². The van der Waals surface area contributed by atoms with Gasteiger partial charge in [-0.3, -0.25) is 0 Å². The number of hydrogen-bond acceptors (Lipinski definition) is 2. The first-order valence-electron chi connectivity index (χ1n) is 5.40. The van der Waals surface area contributed by atoms with Gasteiger partial charge in [-0.15, -0.1) is 0 Å². The van der Waals surface area contributed by atoms with Crippen LogP contribution in [0.3, 0.4) is 0 Å². The van der Waals surface area contributed by atoms with E-state index in [9.17, 15) is 0 Å². The Balaban J connectivity index is 2.67. The van der Waals surface area contributed by atoms with Crippen molar-refractivity contribution in [1.29, 1.82) is 0 Å². The molecule has 2 rings (SSSR count). The second-order valence-corrected chi connectivity index (χ2v) is 4.29. The van der Waals surface area contributed by atoms with Gasteiger partial charge in [0.1, 0.15) is 0 Å². The van der Waals surface area contributed by atoms with Gasteiger partial charge >= 0.3 is 0 Å². The Hall–Kier alpha value is -1.77. The summed E-state index contributed by atoms with van der Waals surface area (Å²) in [7, 11) is 0. The van der Waals surface area contributed by atoms with Crippen molar-refractivity contribution in [1.82, 2.24) is 9.78 Å². The van der Waals surface area contributed by atoms with Gasteiger partial charge in [-0.05, 0) is 44.9 Å². The summed E-state index contributed by atoms with van der Waals surface area (Å²) in [5.74, 6) is 0. The molecule has 2 aromatic rings. The maximum atomic E-state index is 5.94. The van der Waals surface area contributed by atoms with Gasteiger partial charge in [0.15, 0.2) is 0 Å². The second-order valence-electron chi connectivity index (χ2n) is 4.29. The largest absolute Gasteiger partial charge is 0.396 e. The monoisotopic (exact) mass is 215 g/mol. The van der Waals surface area contributed by atoms with Crippen molar-refractivity contribution in [3.05, 3.63) is 40.7 Å². The van der Waals surface area contributed by atoms with Crippen LogP contribution in [0.2, 0.25) is 0 Å². The third kappa shape index (κ3) is 1.58. The molecule has 3 heteroatoms. The van der Waals surface area contributed by atoms with Gasteiger partial charge < -0.3 is 5.73 Å². The molecule has 84 valence electrons. The van der Waals surface area contributed by atoms with Crippen molar-refractivity contribution >= 4 is 5.69 Å². The van der Waals surface area contributed by atoms with Crippen LogP contribution in [0.5, 0.6) is 0 Å². The molecule has 2 N–H and O–H groups in total. The molecule has 0 aliphatic heterocycles. The van der Waals surface area contributed by atoms with Crippen molar-refractivity contribution in [3.63, 3.8) is 0 Å². The maximum Gasteiger partial charge on any atom is 0.0830 e. The minimum atomic E-state index is 0.779. The number of anilines is 1. The lowest BCUT2D eigenvalue weighted by Crippen LogP contribution is -2.02. The van der Waals surface area contributed by atoms with E-state index in [4.69, 9.17) is 5.73 Å². The molecule has 0 aliphatic carbocycles. The van der Waals surface area contributed by atoms with Crippen LogP contribution in [0.1, 0.15) is 22.5 Å². The number of rotatable bonds is 1. The smallest absolute Gasteiger partial charge is 0.0830 e. The predicted octanol–water partition coefficient (Wildman–Crippen LogP) is 2.69. The van der Waals surface area contributed by atoms with Crippen molar-refractivity contribution in [3.8, 4) is 5.69 Å². The maximum absolute atomic E-state index is 5.94. The minimum Gasteiger partial charge on any atom is -0.396 e. The van der Waals surface area contributed by atoms with Gasteiger partial charge in [-0.1, -0.05) is 12.1 Å². The number of benzene rings is 1. The van der Waals surface area contributed by atoms with Gasteiger partial charge in [0, 0.05) is 0 Å². The first-order chi connectivity index (χ1) is 7.50. The van der Waals surface area contributed by atoms with Gasteiger partial charge in [-0.2, -0.15) is 5.10 Å². The molecule has 0 bridgehead atoms. The molecule has 1 aromatic carbocycles. The Kier molecular flexibility index (Phi) is 2.46. The van der Waals surface area contributed by atoms with Crippen LogP contribution in [-0.2, 0) is 0 Å². The summed E-state index contributed by atoms with van der Waals surface area (Å²) in [5, 5.41) is 4.47. The molecule has 16 heavy (non-hydrogen) atoms. The third-order valence-electron chi connectivity index (χ3n) is 2.94. The first kappa shape index (κ1) is 10.7. The fourth-order valence-corrected chi connectivity index (χ4v) is 1.84. The Labute approximate surface area is 95.9 Å². The summed E-state index contributed by atoms with van der Waals surface area (Å²) >= 11 is 0. The zero-order valence-electron chi connectivity index (χ0n) is 10.2. The van der Waals surface area contributed by atoms with Crippen molar-refractivity contribution in [2.24, 2.45) is 0 Å². The zero-order chi connectivity index (χ0) is 11.9. The highest BCUT2D eigenvalue weighted by atomic mass is 15.3. The van der Waals surface area contributed by atoms with Crippen LogP contribution in [-0.4, -0.2) is 9.78 Å². The highest BCUT2D eigenvalue weighted by Crippen LogP contribution is 2.22. The number of nitrogen functional groups attached to an aromatic ring is 1. The molecule has 0 saturated heterocycles. The van der Waals surface area contributed by atoms with E-state index in [0.717, 1.165) is 22.8 Å². The first-order valence-corrected chi connectivity index (χ1v) is 5.40. The molecule has 1 heterocycles. The zero-order valence-corrected chi connectivity index (χ0v) is 10.2. The molecule has 0 unspecified atom stereocenters. The normalized spacial score (nSPS) is 10.8. The van der Waals surface area contributed by atoms with E-state index in [-0.39, 0.29) is 0 Å². The van der Waals surface area contributed by atoms with Crippen molar-refractivity contribution in [2.45, 2.75) is 27.7 Å². The van der Waals surface area contributed by atoms with Crippen LogP contribution in [0.4, 0.5) is 5.69 Å². The summed E-state index contributed by atoms with van der Waals surface area (Å²) in [6.45, 7) is 8.10. The molecule has 0 spiro atoms. The number of nitrogens with two attached hydrogens (primary N) is 1. The third-order valence-corrected chi connectivity index (χ3v) is 2.94. The predicted molar refractivity (Wildman–Crippen MR) is 66.9 cm³/mol. The van der Waals surface area contributed by atoms with Crippen LogP contribution in [0, 0.1) is 27.7 Å². The summed E-state index contributed by atoms with van der Waals surface area (Å²) in [4.78, 5) is 0. The molecule has 0 aliphatic rings. The quantitative estimate of drug-likeness (QED) is 0.794. The molecule has 3 nitrogen and oxygen atoms in total. The van der Waals surface area contributed by atoms with E-state index in [1.165, 1.54) is 11.1 Å². The lowest BCUT2D eigenvalue weighted by Gasteiger charge is -2.09. The SMILES string of the molecule is Cc1ccc(C)c(-n2nc(C)c(N)c2C)c1. The fraction of sp³-hybridized carbons (Fsp3) is 0.308. The molecule has 0 radical (unpaired) electrons. The highest BCUT2D eigenvalue weighted by molar-refractivity contribution is 5.52. The van der Waals surface area contributed by atoms with E-state index in [1.54, 1.807) is 0 Å². The van der Waals surface area contributed by atoms with Gasteiger partial charge in [0.25, 0.3) is 0 Å². The number of nitrogens with zero attached hydrogens (tertiary/aromatic N) is 2. The summed E-state index contributed by atoms with van der Waals surface area (Å²) < 4.78 is 1.92. The van der Waals surface area contributed by atoms with Gasteiger partial charge in [0.2, 0.25) is 0 Å². The summed E-state index contributed by atoms with van der Waals surface area (Å²) in [6.07, 6.45) is 0. The molecule has 0 amide bonds. The van der Waals surface area contributed by atoms with Gasteiger partial charge in [-0.25, -0.2) is 4.68 Å². The molecule has 0 saturated carbocycles. The average Bonchev–Trinajstić information content (AvgIpc) is 2.50. The Bertz CT molecular complexity index is 538. The molecular weight excluding hydrogens is 198 g/mol. The van der Waals surface area contributed by atoms with Crippen LogP contribution >= 0.6 is 0 Å². The lowest BCUT2D eigenvalue weighted by atomic mass is 10.1. The second kappa shape index (κ2) is 3.67. The topological polar surface area (TPSA) is 43.8 Å². The fourth-order valence-electron chi connectivity index (χ4n) is 1.84. The van der Waals surface area contributed by atoms with Crippen LogP contribution in [0.15, 0.2) is 18.2 Å². The van der Waals surface area contributed by atoms with Crippen LogP contribution < -0.4 is 5.73 Å². The standard InChI is InChI=1S/C13H17N3/c1-8-5-6-9(2)12(7-8)16-11(4)13(14)10(3)15-16/h5-7H,14H2,1-4H3. The Morgan fingerprint density at radius 1 is 1.12 bits per heavy atom. The van der Waals surface area contributed by atoms with E-state index in [2.05, 4.69) is 37.1 Å². The minimum absolute atomic E-state index is 0.779. The summed E-state index contributed by atoms with van der Waals surface area (Å²) in [5.41, 5.74) is 12.2. The van der Waals surface area contributed by atoms with E-state index >= 15 is 0 Å². The molecule has 1 aromatic heterocycles. The summed E-state index contributed by atoms with van der Waals surface area (Å²) in [6, 6.07) is 6.35. The molecule has 0 atom stereocenters. The van der Waals surface area contributed by atoms with Crippen molar-refractivity contribution in [2.75, 3.05) is 5.73 Å².